The van der Waals surface area contributed by atoms with Crippen LogP contribution in [0.4, 0.5) is 19.6 Å². The third-order valence-corrected chi connectivity index (χ3v) is 5.62. The zero-order chi connectivity index (χ0) is 23.4. The standard InChI is InChI=1S/C25H18F2N2O3S/c1-16(30)29(23-5-3-2-4-22(23)27)25-28-20(15-33-25)14-32-21-12-8-18(9-13-21)24(31)17-6-10-19(26)11-7-17/h2-13,15H,14H2,1H3. The first-order valence-corrected chi connectivity index (χ1v) is 10.8. The van der Waals surface area contributed by atoms with Crippen molar-refractivity contribution in [2.24, 2.45) is 0 Å². The maximum Gasteiger partial charge on any atom is 0.230 e. The van der Waals surface area contributed by atoms with Crippen LogP contribution in [0.5, 0.6) is 5.75 Å². The first-order valence-electron chi connectivity index (χ1n) is 9.95. The first kappa shape index (κ1) is 22.3. The van der Waals surface area contributed by atoms with Crippen molar-refractivity contribution in [2.45, 2.75) is 13.5 Å². The lowest BCUT2D eigenvalue weighted by Crippen LogP contribution is -2.23. The highest BCUT2D eigenvalue weighted by Gasteiger charge is 2.21. The van der Waals surface area contributed by atoms with Gasteiger partial charge >= 0.3 is 0 Å². The largest absolute Gasteiger partial charge is 0.487 e. The fraction of sp³-hybridized carbons (Fsp3) is 0.0800. The summed E-state index contributed by atoms with van der Waals surface area (Å²) >= 11 is 1.21. The normalized spacial score (nSPS) is 10.6. The Morgan fingerprint density at radius 1 is 0.939 bits per heavy atom. The molecule has 0 spiro atoms. The molecule has 33 heavy (non-hydrogen) atoms. The number of amides is 1. The molecule has 8 heteroatoms. The number of hydrogen-bond donors (Lipinski definition) is 0. The predicted molar refractivity (Wildman–Crippen MR) is 122 cm³/mol. The smallest absolute Gasteiger partial charge is 0.230 e. The molecule has 0 fully saturated rings. The highest BCUT2D eigenvalue weighted by Crippen LogP contribution is 2.31. The monoisotopic (exact) mass is 464 g/mol. The number of nitrogens with zero attached hydrogens (tertiary/aromatic N) is 2. The summed E-state index contributed by atoms with van der Waals surface area (Å²) in [6, 6.07) is 17.9. The highest BCUT2D eigenvalue weighted by molar-refractivity contribution is 7.14. The minimum Gasteiger partial charge on any atom is -0.487 e. The van der Waals surface area contributed by atoms with E-state index >= 15 is 0 Å². The summed E-state index contributed by atoms with van der Waals surface area (Å²) in [7, 11) is 0. The summed E-state index contributed by atoms with van der Waals surface area (Å²) in [5, 5.41) is 2.07. The molecule has 166 valence electrons. The fourth-order valence-electron chi connectivity index (χ4n) is 3.13. The van der Waals surface area contributed by atoms with Crippen LogP contribution in [0, 0.1) is 11.6 Å². The van der Waals surface area contributed by atoms with Crippen LogP contribution in [-0.4, -0.2) is 16.7 Å². The molecule has 0 unspecified atom stereocenters. The number of rotatable bonds is 7. The fourth-order valence-corrected chi connectivity index (χ4v) is 4.00. The van der Waals surface area contributed by atoms with Gasteiger partial charge in [0.15, 0.2) is 10.9 Å². The Bertz CT molecular complexity index is 1290. The molecular formula is C25H18F2N2O3S. The minimum absolute atomic E-state index is 0.130. The molecule has 5 nitrogen and oxygen atoms in total. The maximum atomic E-state index is 14.2. The van der Waals surface area contributed by atoms with Crippen molar-refractivity contribution in [3.8, 4) is 5.75 Å². The molecular weight excluding hydrogens is 446 g/mol. The quantitative estimate of drug-likeness (QED) is 0.319. The summed E-state index contributed by atoms with van der Waals surface area (Å²) in [5.74, 6) is -0.971. The number of halogens is 2. The van der Waals surface area contributed by atoms with E-state index in [0.29, 0.717) is 27.7 Å². The number of para-hydroxylation sites is 1. The summed E-state index contributed by atoms with van der Waals surface area (Å²) < 4.78 is 33.0. The van der Waals surface area contributed by atoms with Gasteiger partial charge in [0.1, 0.15) is 24.0 Å². The highest BCUT2D eigenvalue weighted by atomic mass is 32.1. The average molecular weight is 464 g/mol. The van der Waals surface area contributed by atoms with Gasteiger partial charge in [-0.15, -0.1) is 11.3 Å². The van der Waals surface area contributed by atoms with Crippen LogP contribution in [0.15, 0.2) is 78.2 Å². The Hall–Kier alpha value is -3.91. The lowest BCUT2D eigenvalue weighted by atomic mass is 10.0. The van der Waals surface area contributed by atoms with Crippen LogP contribution in [0.25, 0.3) is 0 Å². The van der Waals surface area contributed by atoms with Gasteiger partial charge in [0.05, 0.1) is 11.4 Å². The van der Waals surface area contributed by atoms with Gasteiger partial charge in [-0.25, -0.2) is 13.8 Å². The van der Waals surface area contributed by atoms with Gasteiger partial charge in [0.25, 0.3) is 0 Å². The van der Waals surface area contributed by atoms with E-state index < -0.39 is 11.6 Å². The second kappa shape index (κ2) is 9.70. The van der Waals surface area contributed by atoms with Gasteiger partial charge in [-0.05, 0) is 60.7 Å². The van der Waals surface area contributed by atoms with E-state index in [0.717, 1.165) is 0 Å². The lowest BCUT2D eigenvalue weighted by Gasteiger charge is -2.18. The zero-order valence-corrected chi connectivity index (χ0v) is 18.3. The topological polar surface area (TPSA) is 59.5 Å². The van der Waals surface area contributed by atoms with E-state index in [-0.39, 0.29) is 24.0 Å². The Morgan fingerprint density at radius 3 is 2.21 bits per heavy atom. The van der Waals surface area contributed by atoms with Crippen molar-refractivity contribution in [1.29, 1.82) is 0 Å². The van der Waals surface area contributed by atoms with Gasteiger partial charge in [-0.1, -0.05) is 12.1 Å². The number of benzene rings is 3. The molecule has 4 rings (SSSR count). The number of aromatic nitrogens is 1. The van der Waals surface area contributed by atoms with Crippen molar-refractivity contribution < 1.29 is 23.1 Å². The van der Waals surface area contributed by atoms with E-state index in [9.17, 15) is 18.4 Å². The molecule has 1 heterocycles. The van der Waals surface area contributed by atoms with E-state index in [1.165, 1.54) is 59.6 Å². The van der Waals surface area contributed by atoms with Crippen LogP contribution < -0.4 is 9.64 Å². The number of carbonyl (C=O) groups is 2. The summed E-state index contributed by atoms with van der Waals surface area (Å²) in [6.45, 7) is 1.48. The maximum absolute atomic E-state index is 14.2. The van der Waals surface area contributed by atoms with Crippen LogP contribution in [0.1, 0.15) is 28.5 Å². The van der Waals surface area contributed by atoms with Crippen LogP contribution in [-0.2, 0) is 11.4 Å². The Labute approximate surface area is 192 Å². The summed E-state index contributed by atoms with van der Waals surface area (Å²) in [6.07, 6.45) is 0. The molecule has 0 atom stereocenters. The Morgan fingerprint density at radius 2 is 1.58 bits per heavy atom. The van der Waals surface area contributed by atoms with Gasteiger partial charge in [-0.2, -0.15) is 0 Å². The van der Waals surface area contributed by atoms with Crippen molar-refractivity contribution in [2.75, 3.05) is 4.90 Å². The molecule has 0 aliphatic carbocycles. The van der Waals surface area contributed by atoms with Crippen molar-refractivity contribution in [3.05, 3.63) is 107 Å². The number of anilines is 2. The molecule has 0 saturated carbocycles. The first-order chi connectivity index (χ1) is 15.9. The number of hydrogen-bond acceptors (Lipinski definition) is 5. The van der Waals surface area contributed by atoms with Gasteiger partial charge in [0.2, 0.25) is 5.91 Å². The second-order valence-corrected chi connectivity index (χ2v) is 7.91. The lowest BCUT2D eigenvalue weighted by molar-refractivity contribution is -0.115. The molecule has 4 aromatic rings. The summed E-state index contributed by atoms with van der Waals surface area (Å²) in [4.78, 5) is 30.2. The van der Waals surface area contributed by atoms with Gasteiger partial charge in [0, 0.05) is 23.4 Å². The third-order valence-electron chi connectivity index (χ3n) is 4.75. The minimum atomic E-state index is -0.518. The van der Waals surface area contributed by atoms with Gasteiger partial charge < -0.3 is 4.74 Å². The second-order valence-electron chi connectivity index (χ2n) is 7.08. The van der Waals surface area contributed by atoms with Crippen molar-refractivity contribution in [3.63, 3.8) is 0 Å². The van der Waals surface area contributed by atoms with Crippen LogP contribution in [0.2, 0.25) is 0 Å². The number of thiazole rings is 1. The van der Waals surface area contributed by atoms with E-state index in [1.54, 1.807) is 41.8 Å². The molecule has 0 bridgehead atoms. The Balaban J connectivity index is 1.43. The SMILES string of the molecule is CC(=O)N(c1nc(COc2ccc(C(=O)c3ccc(F)cc3)cc2)cs1)c1ccccc1F. The predicted octanol–water partition coefficient (Wildman–Crippen LogP) is 5.92. The number of ketones is 1. The van der Waals surface area contributed by atoms with E-state index in [1.807, 2.05) is 0 Å². The molecule has 0 radical (unpaired) electrons. The van der Waals surface area contributed by atoms with Crippen molar-refractivity contribution >= 4 is 33.8 Å². The molecule has 0 N–H and O–H groups in total. The van der Waals surface area contributed by atoms with Gasteiger partial charge in [-0.3, -0.25) is 14.5 Å². The number of carbonyl (C=O) groups excluding carboxylic acids is 2. The van der Waals surface area contributed by atoms with Crippen molar-refractivity contribution in [1.82, 2.24) is 4.98 Å². The molecule has 3 aromatic carbocycles. The average Bonchev–Trinajstić information content (AvgIpc) is 3.28. The molecule has 0 saturated heterocycles. The zero-order valence-electron chi connectivity index (χ0n) is 17.5. The third kappa shape index (κ3) is 5.12. The molecule has 0 aliphatic rings. The van der Waals surface area contributed by atoms with Crippen LogP contribution in [0.3, 0.4) is 0 Å². The molecule has 1 aromatic heterocycles. The summed E-state index contributed by atoms with van der Waals surface area (Å²) in [5.41, 5.74) is 1.55. The Kier molecular flexibility index (Phi) is 6.55. The van der Waals surface area contributed by atoms with E-state index in [2.05, 4.69) is 4.98 Å². The number of ether oxygens (including phenoxy) is 1. The van der Waals surface area contributed by atoms with Crippen LogP contribution >= 0.6 is 11.3 Å². The van der Waals surface area contributed by atoms with E-state index in [4.69, 9.17) is 4.74 Å². The molecule has 1 amide bonds. The molecule has 0 aliphatic heterocycles.